The number of carboxylic acid groups (broad SMARTS) is 1. The highest BCUT2D eigenvalue weighted by Gasteiger charge is 2.49. The van der Waals surface area contributed by atoms with Crippen molar-refractivity contribution in [3.8, 4) is 0 Å². The third-order valence-corrected chi connectivity index (χ3v) is 3.36. The number of hydrogen-bond donors (Lipinski definition) is 5. The molecule has 96 valence electrons. The highest BCUT2D eigenvalue weighted by atomic mass is 16.4. The Balaban J connectivity index is 2.02. The van der Waals surface area contributed by atoms with Gasteiger partial charge >= 0.3 is 5.97 Å². The van der Waals surface area contributed by atoms with Gasteiger partial charge in [-0.15, -0.1) is 0 Å². The van der Waals surface area contributed by atoms with Crippen molar-refractivity contribution in [1.82, 2.24) is 10.6 Å². The van der Waals surface area contributed by atoms with Gasteiger partial charge in [-0.2, -0.15) is 0 Å². The number of ketones is 1. The van der Waals surface area contributed by atoms with Gasteiger partial charge in [-0.25, -0.2) is 0 Å². The van der Waals surface area contributed by atoms with Crippen LogP contribution in [0.4, 0.5) is 0 Å². The number of carbonyl (C=O) groups is 2. The van der Waals surface area contributed by atoms with Crippen LogP contribution in [-0.4, -0.2) is 64.0 Å². The third kappa shape index (κ3) is 2.32. The van der Waals surface area contributed by atoms with Crippen LogP contribution >= 0.6 is 0 Å². The minimum atomic E-state index is -1.65. The summed E-state index contributed by atoms with van der Waals surface area (Å²) in [6, 6.07) is -1.49. The summed E-state index contributed by atoms with van der Waals surface area (Å²) in [6.07, 6.45) is -0.453. The molecule has 0 saturated carbocycles. The summed E-state index contributed by atoms with van der Waals surface area (Å²) >= 11 is 0. The van der Waals surface area contributed by atoms with Gasteiger partial charge in [0.15, 0.2) is 5.78 Å². The second kappa shape index (κ2) is 4.34. The molecule has 0 bridgehead atoms. The van der Waals surface area contributed by atoms with Crippen molar-refractivity contribution < 1.29 is 24.9 Å². The van der Waals surface area contributed by atoms with Gasteiger partial charge < -0.3 is 26.0 Å². The largest absolute Gasteiger partial charge is 0.480 e. The first-order chi connectivity index (χ1) is 7.92. The number of β-amino-alcohol motifs (C(OH)–C–C–N with tert-alkyl or cyclic N) is 2. The molecular formula is C10H16N2O5. The Kier molecular flexibility index (Phi) is 3.17. The lowest BCUT2D eigenvalue weighted by molar-refractivity contribution is -0.141. The number of carboxylic acids is 1. The molecule has 5 N–H and O–H groups in total. The second-order valence-corrected chi connectivity index (χ2v) is 4.72. The van der Waals surface area contributed by atoms with Crippen LogP contribution in [0.15, 0.2) is 0 Å². The normalized spacial score (nSPS) is 41.6. The number of carbonyl (C=O) groups excluding carboxylic acids is 1. The zero-order valence-electron chi connectivity index (χ0n) is 9.22. The van der Waals surface area contributed by atoms with Gasteiger partial charge in [-0.3, -0.25) is 9.59 Å². The van der Waals surface area contributed by atoms with Gasteiger partial charge in [-0.1, -0.05) is 0 Å². The average molecular weight is 244 g/mol. The summed E-state index contributed by atoms with van der Waals surface area (Å²) in [4.78, 5) is 22.8. The summed E-state index contributed by atoms with van der Waals surface area (Å²) in [6.45, 7) is 0.263. The quantitative estimate of drug-likeness (QED) is 0.371. The molecular weight excluding hydrogens is 228 g/mol. The topological polar surface area (TPSA) is 119 Å². The molecule has 0 aromatic rings. The van der Waals surface area contributed by atoms with Crippen molar-refractivity contribution in [2.24, 2.45) is 0 Å². The number of Topliss-reactive ketones (excluding diaryl/α,β-unsaturated/α-hetero) is 1. The minimum Gasteiger partial charge on any atom is -0.480 e. The maximum Gasteiger partial charge on any atom is 0.320 e. The van der Waals surface area contributed by atoms with Gasteiger partial charge in [0.05, 0.1) is 12.1 Å². The molecule has 2 heterocycles. The Labute approximate surface area is 97.8 Å². The smallest absolute Gasteiger partial charge is 0.320 e. The molecule has 2 rings (SSSR count). The molecule has 7 nitrogen and oxygen atoms in total. The van der Waals surface area contributed by atoms with Gasteiger partial charge in [0.2, 0.25) is 0 Å². The van der Waals surface area contributed by atoms with E-state index in [0.29, 0.717) is 6.54 Å². The second-order valence-electron chi connectivity index (χ2n) is 4.72. The maximum absolute atomic E-state index is 12.0. The molecule has 0 aromatic heterocycles. The fraction of sp³-hybridized carbons (Fsp3) is 0.800. The minimum absolute atomic E-state index is 0.0585. The summed E-state index contributed by atoms with van der Waals surface area (Å²) in [5.74, 6) is -1.52. The number of hydrogen-bond acceptors (Lipinski definition) is 6. The molecule has 0 radical (unpaired) electrons. The van der Waals surface area contributed by atoms with Crippen molar-refractivity contribution in [2.75, 3.05) is 13.1 Å². The first-order valence-electron chi connectivity index (χ1n) is 5.57. The van der Waals surface area contributed by atoms with Crippen LogP contribution in [0.5, 0.6) is 0 Å². The highest BCUT2D eigenvalue weighted by molar-refractivity contribution is 5.94. The molecule has 0 spiro atoms. The molecule has 0 aliphatic carbocycles. The van der Waals surface area contributed by atoms with Gasteiger partial charge in [0.25, 0.3) is 0 Å². The zero-order valence-corrected chi connectivity index (χ0v) is 9.22. The lowest BCUT2D eigenvalue weighted by atomic mass is 9.89. The van der Waals surface area contributed by atoms with Crippen molar-refractivity contribution in [2.45, 2.75) is 36.6 Å². The summed E-state index contributed by atoms with van der Waals surface area (Å²) < 4.78 is 0. The first-order valence-corrected chi connectivity index (χ1v) is 5.57. The molecule has 17 heavy (non-hydrogen) atoms. The van der Waals surface area contributed by atoms with E-state index >= 15 is 0 Å². The lowest BCUT2D eigenvalue weighted by Crippen LogP contribution is -2.49. The van der Waals surface area contributed by atoms with E-state index in [-0.39, 0.29) is 19.4 Å². The number of aliphatic hydroxyl groups is 2. The third-order valence-electron chi connectivity index (χ3n) is 3.36. The zero-order chi connectivity index (χ0) is 12.6. The van der Waals surface area contributed by atoms with Crippen LogP contribution in [0, 0.1) is 0 Å². The Bertz CT molecular complexity index is 348. The van der Waals surface area contributed by atoms with Crippen LogP contribution in [0.2, 0.25) is 0 Å². The molecule has 2 saturated heterocycles. The maximum atomic E-state index is 12.0. The Hall–Kier alpha value is -1.02. The molecule has 0 aromatic carbocycles. The Morgan fingerprint density at radius 3 is 2.41 bits per heavy atom. The van der Waals surface area contributed by atoms with E-state index in [0.717, 1.165) is 0 Å². The van der Waals surface area contributed by atoms with Crippen LogP contribution < -0.4 is 10.6 Å². The number of aliphatic carboxylic acids is 1. The van der Waals surface area contributed by atoms with E-state index in [9.17, 15) is 19.8 Å². The summed E-state index contributed by atoms with van der Waals surface area (Å²) in [5.41, 5.74) is -1.65. The first kappa shape index (κ1) is 12.4. The van der Waals surface area contributed by atoms with Gasteiger partial charge in [-0.05, 0) is 6.42 Å². The van der Waals surface area contributed by atoms with Crippen molar-refractivity contribution in [3.63, 3.8) is 0 Å². The Morgan fingerprint density at radius 1 is 1.24 bits per heavy atom. The van der Waals surface area contributed by atoms with Crippen LogP contribution in [-0.2, 0) is 9.59 Å². The van der Waals surface area contributed by atoms with Crippen LogP contribution in [0.3, 0.4) is 0 Å². The van der Waals surface area contributed by atoms with Crippen LogP contribution in [0.1, 0.15) is 12.8 Å². The summed E-state index contributed by atoms with van der Waals surface area (Å²) in [5, 5.41) is 33.7. The monoisotopic (exact) mass is 244 g/mol. The molecule has 4 atom stereocenters. The molecule has 2 fully saturated rings. The molecule has 2 aliphatic rings. The average Bonchev–Trinajstić information content (AvgIpc) is 2.85. The predicted molar refractivity (Wildman–Crippen MR) is 56.4 cm³/mol. The molecule has 0 amide bonds. The standard InChI is InChI=1S/C10H16N2O5/c13-5-1-6(11-3-5)8(14)10(17)2-7(9(15)16)12-4-10/h5-7,11-13,17H,1-4H2,(H,15,16)/t5-,6+,7+,10?/m1/s1. The van der Waals surface area contributed by atoms with Crippen molar-refractivity contribution >= 4 is 11.8 Å². The highest BCUT2D eigenvalue weighted by Crippen LogP contribution is 2.24. The predicted octanol–water partition coefficient (Wildman–Crippen LogP) is -2.54. The molecule has 1 unspecified atom stereocenters. The van der Waals surface area contributed by atoms with E-state index in [1.54, 1.807) is 0 Å². The fourth-order valence-corrected chi connectivity index (χ4v) is 2.38. The Morgan fingerprint density at radius 2 is 1.94 bits per heavy atom. The van der Waals surface area contributed by atoms with E-state index < -0.39 is 35.5 Å². The molecule has 7 heteroatoms. The number of rotatable bonds is 3. The van der Waals surface area contributed by atoms with E-state index in [4.69, 9.17) is 5.11 Å². The van der Waals surface area contributed by atoms with E-state index in [1.807, 2.05) is 0 Å². The van der Waals surface area contributed by atoms with Crippen molar-refractivity contribution in [1.29, 1.82) is 0 Å². The van der Waals surface area contributed by atoms with Crippen LogP contribution in [0.25, 0.3) is 0 Å². The van der Waals surface area contributed by atoms with Gasteiger partial charge in [0, 0.05) is 19.5 Å². The summed E-state index contributed by atoms with van der Waals surface area (Å²) in [7, 11) is 0. The molecule has 2 aliphatic heterocycles. The SMILES string of the molecule is O=C(O)[C@@H]1CC(O)(C(=O)[C@@H]2C[C@@H](O)CN2)CN1. The fourth-order valence-electron chi connectivity index (χ4n) is 2.38. The lowest BCUT2D eigenvalue weighted by Gasteiger charge is -2.23. The number of nitrogens with one attached hydrogen (secondary N) is 2. The van der Waals surface area contributed by atoms with Gasteiger partial charge in [0.1, 0.15) is 11.6 Å². The van der Waals surface area contributed by atoms with E-state index in [1.165, 1.54) is 0 Å². The van der Waals surface area contributed by atoms with Crippen molar-refractivity contribution in [3.05, 3.63) is 0 Å². The van der Waals surface area contributed by atoms with E-state index in [2.05, 4.69) is 10.6 Å². The number of aliphatic hydroxyl groups excluding tert-OH is 1.